The van der Waals surface area contributed by atoms with E-state index in [4.69, 9.17) is 25.8 Å². The molecule has 180 valence electrons. The number of likely N-dealkylation sites (tertiary alicyclic amines) is 1. The van der Waals surface area contributed by atoms with Crippen molar-refractivity contribution in [1.29, 1.82) is 0 Å². The van der Waals surface area contributed by atoms with Crippen molar-refractivity contribution < 1.29 is 28.6 Å². The van der Waals surface area contributed by atoms with E-state index in [0.717, 1.165) is 10.6 Å². The van der Waals surface area contributed by atoms with Crippen LogP contribution in [0.1, 0.15) is 11.3 Å². The summed E-state index contributed by atoms with van der Waals surface area (Å²) >= 11 is 7.29. The van der Waals surface area contributed by atoms with E-state index in [1.165, 1.54) is 22.3 Å². The van der Waals surface area contributed by atoms with Crippen LogP contribution in [0.15, 0.2) is 42.5 Å². The molecule has 0 radical (unpaired) electrons. The molecule has 0 saturated carbocycles. The van der Waals surface area contributed by atoms with E-state index in [1.54, 1.807) is 48.4 Å². The number of nitrogens with zero attached hydrogens (tertiary/aromatic N) is 2. The summed E-state index contributed by atoms with van der Waals surface area (Å²) in [5.41, 5.74) is 1.23. The van der Waals surface area contributed by atoms with Crippen molar-refractivity contribution in [1.82, 2.24) is 4.90 Å². The van der Waals surface area contributed by atoms with Crippen LogP contribution in [0.2, 0.25) is 4.34 Å². The highest BCUT2D eigenvalue weighted by Gasteiger charge is 2.37. The predicted molar refractivity (Wildman–Crippen MR) is 129 cm³/mol. The molecule has 0 unspecified atom stereocenters. The smallest absolute Gasteiger partial charge is 0.413 e. The third kappa shape index (κ3) is 5.95. The number of amides is 3. The van der Waals surface area contributed by atoms with Gasteiger partial charge in [0.2, 0.25) is 5.91 Å². The van der Waals surface area contributed by atoms with Gasteiger partial charge in [-0.15, -0.1) is 11.3 Å². The van der Waals surface area contributed by atoms with Crippen LogP contribution in [0.3, 0.4) is 0 Å². The molecule has 1 aromatic heterocycles. The zero-order valence-electron chi connectivity index (χ0n) is 18.4. The Balaban J connectivity index is 1.36. The number of thiophene rings is 1. The zero-order valence-corrected chi connectivity index (χ0v) is 20.0. The van der Waals surface area contributed by atoms with E-state index in [9.17, 15) is 14.4 Å². The maximum Gasteiger partial charge on any atom is 0.413 e. The zero-order chi connectivity index (χ0) is 24.1. The molecule has 0 spiro atoms. The lowest BCUT2D eigenvalue weighted by Crippen LogP contribution is -2.41. The molecule has 2 fully saturated rings. The molecular weight excluding hydrogens is 482 g/mol. The number of benzene rings is 1. The molecule has 0 bridgehead atoms. The maximum absolute atomic E-state index is 12.8. The highest BCUT2D eigenvalue weighted by atomic mass is 35.5. The van der Waals surface area contributed by atoms with E-state index in [2.05, 4.69) is 5.32 Å². The SMILES string of the molecule is CO[C@@H]1C[C@@H](OC(=O)Nc2ccc(N3CCOCC3=O)cc2)N(C(=O)/C=C/c2ccc(Cl)s2)C1. The number of carbonyl (C=O) groups is 3. The van der Waals surface area contributed by atoms with Gasteiger partial charge < -0.3 is 24.0 Å². The molecule has 2 aliphatic heterocycles. The van der Waals surface area contributed by atoms with Gasteiger partial charge >= 0.3 is 6.09 Å². The molecule has 34 heavy (non-hydrogen) atoms. The van der Waals surface area contributed by atoms with Gasteiger partial charge in [0.25, 0.3) is 5.91 Å². The van der Waals surface area contributed by atoms with Crippen LogP contribution in [-0.2, 0) is 23.8 Å². The lowest BCUT2D eigenvalue weighted by Gasteiger charge is -2.27. The van der Waals surface area contributed by atoms with E-state index in [0.29, 0.717) is 36.1 Å². The molecule has 2 aromatic rings. The maximum atomic E-state index is 12.8. The first-order valence-corrected chi connectivity index (χ1v) is 11.8. The van der Waals surface area contributed by atoms with Gasteiger partial charge in [-0.25, -0.2) is 4.79 Å². The van der Waals surface area contributed by atoms with Crippen molar-refractivity contribution >= 4 is 58.3 Å². The van der Waals surface area contributed by atoms with E-state index in [1.807, 2.05) is 6.07 Å². The van der Waals surface area contributed by atoms with Gasteiger partial charge in [-0.3, -0.25) is 14.9 Å². The molecule has 11 heteroatoms. The number of methoxy groups -OCH3 is 1. The van der Waals surface area contributed by atoms with Crippen molar-refractivity contribution in [3.05, 3.63) is 51.7 Å². The van der Waals surface area contributed by atoms with Gasteiger partial charge in [-0.05, 0) is 42.5 Å². The number of carbonyl (C=O) groups excluding carboxylic acids is 3. The minimum absolute atomic E-state index is 0.0572. The number of hydrogen-bond donors (Lipinski definition) is 1. The second-order valence-electron chi connectivity index (χ2n) is 7.69. The van der Waals surface area contributed by atoms with Crippen LogP contribution in [-0.4, -0.2) is 68.6 Å². The summed E-state index contributed by atoms with van der Waals surface area (Å²) in [5, 5.41) is 2.66. The standard InChI is InChI=1S/C23H24ClN3O6S/c1-31-17-12-22(27(13-17)20(28)9-7-18-6-8-19(24)34-18)33-23(30)25-15-2-4-16(5-3-15)26-10-11-32-14-21(26)29/h2-9,17,22H,10-14H2,1H3,(H,25,30)/b9-7+/t17-,22-/m1/s1. The largest absolute Gasteiger partial charge is 0.425 e. The van der Waals surface area contributed by atoms with Gasteiger partial charge in [0, 0.05) is 42.4 Å². The highest BCUT2D eigenvalue weighted by Crippen LogP contribution is 2.25. The van der Waals surface area contributed by atoms with Gasteiger partial charge in [0.05, 0.1) is 23.6 Å². The molecular formula is C23H24ClN3O6S. The van der Waals surface area contributed by atoms with Gasteiger partial charge in [-0.1, -0.05) is 11.6 Å². The molecule has 9 nitrogen and oxygen atoms in total. The van der Waals surface area contributed by atoms with E-state index in [-0.39, 0.29) is 24.5 Å². The van der Waals surface area contributed by atoms with Crippen LogP contribution < -0.4 is 10.2 Å². The normalized spacial score (nSPS) is 20.7. The van der Waals surface area contributed by atoms with Gasteiger partial charge in [0.15, 0.2) is 6.23 Å². The molecule has 1 aromatic carbocycles. The van der Waals surface area contributed by atoms with E-state index < -0.39 is 12.3 Å². The molecule has 2 atom stereocenters. The summed E-state index contributed by atoms with van der Waals surface area (Å²) < 4.78 is 16.7. The van der Waals surface area contributed by atoms with Crippen molar-refractivity contribution in [3.63, 3.8) is 0 Å². The van der Waals surface area contributed by atoms with Gasteiger partial charge in [-0.2, -0.15) is 0 Å². The third-order valence-electron chi connectivity index (χ3n) is 5.47. The average Bonchev–Trinajstić information content (AvgIpc) is 3.44. The fraction of sp³-hybridized carbons (Fsp3) is 0.348. The topological polar surface area (TPSA) is 97.4 Å². The Morgan fingerprint density at radius 3 is 2.71 bits per heavy atom. The number of rotatable bonds is 6. The second-order valence-corrected chi connectivity index (χ2v) is 9.44. The minimum atomic E-state index is -0.765. The predicted octanol–water partition coefficient (Wildman–Crippen LogP) is 3.60. The number of nitrogens with one attached hydrogen (secondary N) is 1. The van der Waals surface area contributed by atoms with Crippen LogP contribution >= 0.6 is 22.9 Å². The summed E-state index contributed by atoms with van der Waals surface area (Å²) in [6.45, 7) is 1.33. The molecule has 4 rings (SSSR count). The van der Waals surface area contributed by atoms with Crippen LogP contribution in [0, 0.1) is 0 Å². The fourth-order valence-corrected chi connectivity index (χ4v) is 4.70. The minimum Gasteiger partial charge on any atom is -0.425 e. The highest BCUT2D eigenvalue weighted by molar-refractivity contribution is 7.17. The molecule has 3 heterocycles. The first kappa shape index (κ1) is 24.2. The van der Waals surface area contributed by atoms with Crippen molar-refractivity contribution in [2.75, 3.05) is 43.6 Å². The summed E-state index contributed by atoms with van der Waals surface area (Å²) in [6, 6.07) is 10.4. The lowest BCUT2D eigenvalue weighted by molar-refractivity contribution is -0.132. The monoisotopic (exact) mass is 505 g/mol. The summed E-state index contributed by atoms with van der Waals surface area (Å²) in [7, 11) is 1.56. The summed E-state index contributed by atoms with van der Waals surface area (Å²) in [6.07, 6.45) is 1.78. The number of morpholine rings is 1. The Labute approximate surface area is 205 Å². The van der Waals surface area contributed by atoms with Crippen LogP contribution in [0.4, 0.5) is 16.2 Å². The first-order valence-electron chi connectivity index (χ1n) is 10.7. The van der Waals surface area contributed by atoms with E-state index >= 15 is 0 Å². The summed E-state index contributed by atoms with van der Waals surface area (Å²) in [4.78, 5) is 41.2. The molecule has 2 saturated heterocycles. The van der Waals surface area contributed by atoms with Crippen LogP contribution in [0.5, 0.6) is 0 Å². The molecule has 2 aliphatic rings. The number of ether oxygens (including phenoxy) is 3. The number of anilines is 2. The number of halogens is 1. The Bertz CT molecular complexity index is 1070. The van der Waals surface area contributed by atoms with Crippen molar-refractivity contribution in [2.24, 2.45) is 0 Å². The quantitative estimate of drug-likeness (QED) is 0.602. The summed E-state index contributed by atoms with van der Waals surface area (Å²) in [5.74, 6) is -0.400. The molecule has 3 amide bonds. The molecule has 1 N–H and O–H groups in total. The average molecular weight is 506 g/mol. The number of hydrogen-bond acceptors (Lipinski definition) is 7. The van der Waals surface area contributed by atoms with Crippen molar-refractivity contribution in [2.45, 2.75) is 18.8 Å². The molecule has 0 aliphatic carbocycles. The third-order valence-corrected chi connectivity index (χ3v) is 6.66. The first-order chi connectivity index (χ1) is 16.4. The van der Waals surface area contributed by atoms with Gasteiger partial charge in [0.1, 0.15) is 6.61 Å². The Hall–Kier alpha value is -2.92. The van der Waals surface area contributed by atoms with Crippen LogP contribution in [0.25, 0.3) is 6.08 Å². The fourth-order valence-electron chi connectivity index (χ4n) is 3.73. The Kier molecular flexibility index (Phi) is 7.84. The second kappa shape index (κ2) is 11.0. The lowest BCUT2D eigenvalue weighted by atomic mass is 10.2. The van der Waals surface area contributed by atoms with Crippen molar-refractivity contribution in [3.8, 4) is 0 Å². The Morgan fingerprint density at radius 1 is 1.24 bits per heavy atom. The Morgan fingerprint density at radius 2 is 2.03 bits per heavy atom.